The highest BCUT2D eigenvalue weighted by molar-refractivity contribution is 6.00. The summed E-state index contributed by atoms with van der Waals surface area (Å²) in [5.41, 5.74) is 2.32. The zero-order chi connectivity index (χ0) is 45.0. The number of amides is 4. The number of aliphatic imine (C=N–C) groups is 2. The zero-order valence-corrected chi connectivity index (χ0v) is 38.5. The predicted molar refractivity (Wildman–Crippen MR) is 252 cm³/mol. The summed E-state index contributed by atoms with van der Waals surface area (Å²) in [5, 5.41) is 15.2. The van der Waals surface area contributed by atoms with Crippen LogP contribution in [0.15, 0.2) is 64.6 Å². The van der Waals surface area contributed by atoms with Crippen LogP contribution in [0, 0.1) is 19.8 Å². The van der Waals surface area contributed by atoms with E-state index in [1.807, 2.05) is 76.3 Å². The Balaban J connectivity index is 1.41. The van der Waals surface area contributed by atoms with Crippen molar-refractivity contribution in [1.29, 1.82) is 0 Å². The number of aromatic nitrogens is 2. The number of anilines is 4. The molecular formula is C46H70N12O5. The first-order valence-corrected chi connectivity index (χ1v) is 22.6. The summed E-state index contributed by atoms with van der Waals surface area (Å²) in [6, 6.07) is 16.2. The molecule has 0 aliphatic carbocycles. The molecule has 0 bridgehead atoms. The van der Waals surface area contributed by atoms with E-state index < -0.39 is 17.6 Å². The Morgan fingerprint density at radius 3 is 2.11 bits per heavy atom. The molecule has 5 N–H and O–H groups in total. The molecule has 1 saturated heterocycles. The molecule has 5 rings (SSSR count). The smallest absolute Gasteiger partial charge is 0.324 e. The summed E-state index contributed by atoms with van der Waals surface area (Å²) in [6.45, 7) is 20.3. The minimum atomic E-state index is -1.11. The number of hydrogen-bond acceptors (Lipinski definition) is 13. The van der Waals surface area contributed by atoms with Gasteiger partial charge in [0.25, 0.3) is 0 Å². The van der Waals surface area contributed by atoms with Crippen molar-refractivity contribution in [3.8, 4) is 5.88 Å². The molecule has 2 aliphatic heterocycles. The van der Waals surface area contributed by atoms with Gasteiger partial charge in [0.2, 0.25) is 17.8 Å². The van der Waals surface area contributed by atoms with Crippen LogP contribution in [0.1, 0.15) is 70.9 Å². The Morgan fingerprint density at radius 2 is 1.48 bits per heavy atom. The molecule has 3 heterocycles. The number of nitrogens with one attached hydrogen (secondary N) is 5. The second-order valence-corrected chi connectivity index (χ2v) is 16.2. The Morgan fingerprint density at radius 1 is 0.825 bits per heavy atom. The molecule has 17 nitrogen and oxygen atoms in total. The molecule has 2 aromatic carbocycles. The fourth-order valence-corrected chi connectivity index (χ4v) is 7.61. The molecule has 2 atom stereocenters. The van der Waals surface area contributed by atoms with Crippen molar-refractivity contribution in [1.82, 2.24) is 30.4 Å². The number of carbonyl (C=O) groups is 2. The summed E-state index contributed by atoms with van der Waals surface area (Å²) in [6.07, 6.45) is 3.86. The normalized spacial score (nSPS) is 17.5. The molecule has 1 fully saturated rings. The van der Waals surface area contributed by atoms with Crippen molar-refractivity contribution in [2.75, 3.05) is 107 Å². The maximum Gasteiger partial charge on any atom is 0.324 e. The average molecular weight is 871 g/mol. The van der Waals surface area contributed by atoms with Crippen LogP contribution in [0.25, 0.3) is 0 Å². The lowest BCUT2D eigenvalue weighted by Crippen LogP contribution is -2.57. The van der Waals surface area contributed by atoms with Gasteiger partial charge in [-0.3, -0.25) is 10.2 Å². The van der Waals surface area contributed by atoms with Gasteiger partial charge in [-0.05, 0) is 95.3 Å². The van der Waals surface area contributed by atoms with E-state index in [1.54, 1.807) is 6.07 Å². The second kappa shape index (κ2) is 24.9. The van der Waals surface area contributed by atoms with E-state index in [9.17, 15) is 9.59 Å². The first-order chi connectivity index (χ1) is 30.5. The number of morpholine rings is 1. The van der Waals surface area contributed by atoms with Gasteiger partial charge >= 0.3 is 12.1 Å². The van der Waals surface area contributed by atoms with Crippen LogP contribution in [0.2, 0.25) is 0 Å². The maximum absolute atomic E-state index is 13.8. The third kappa shape index (κ3) is 15.4. The second-order valence-electron chi connectivity index (χ2n) is 16.2. The highest BCUT2D eigenvalue weighted by Gasteiger charge is 2.44. The van der Waals surface area contributed by atoms with Crippen molar-refractivity contribution in [3.63, 3.8) is 0 Å². The summed E-state index contributed by atoms with van der Waals surface area (Å²) >= 11 is 0. The lowest BCUT2D eigenvalue weighted by molar-refractivity contribution is 0.0320. The summed E-state index contributed by atoms with van der Waals surface area (Å²) < 4.78 is 18.2. The summed E-state index contributed by atoms with van der Waals surface area (Å²) in [4.78, 5) is 53.7. The van der Waals surface area contributed by atoms with Crippen LogP contribution in [-0.2, 0) is 9.47 Å². The molecule has 0 saturated carbocycles. The van der Waals surface area contributed by atoms with Crippen molar-refractivity contribution >= 4 is 47.1 Å². The highest BCUT2D eigenvalue weighted by Crippen LogP contribution is 2.32. The third-order valence-electron chi connectivity index (χ3n) is 10.7. The predicted octanol–water partition coefficient (Wildman–Crippen LogP) is 6.73. The Hall–Kier alpha value is -5.52. The molecule has 0 spiro atoms. The van der Waals surface area contributed by atoms with Gasteiger partial charge in [0.1, 0.15) is 24.7 Å². The van der Waals surface area contributed by atoms with Gasteiger partial charge in [0.15, 0.2) is 5.90 Å². The number of aryl methyl sites for hydroxylation is 2. The van der Waals surface area contributed by atoms with Crippen LogP contribution in [0.4, 0.5) is 32.7 Å². The van der Waals surface area contributed by atoms with Gasteiger partial charge in [-0.15, -0.1) is 0 Å². The number of likely N-dealkylation sites (N-methyl/N-ethyl adjacent to an activating group) is 1. The van der Waals surface area contributed by atoms with E-state index in [1.165, 1.54) is 0 Å². The minimum Gasteiger partial charge on any atom is -0.479 e. The van der Waals surface area contributed by atoms with Crippen molar-refractivity contribution in [2.24, 2.45) is 15.9 Å². The fraction of sp³-hybridized carbons (Fsp3) is 0.565. The number of guanidine groups is 1. The topological polar surface area (TPSA) is 182 Å². The van der Waals surface area contributed by atoms with Gasteiger partial charge in [-0.25, -0.2) is 14.6 Å². The molecule has 63 heavy (non-hydrogen) atoms. The number of ether oxygens (including phenoxy) is 3. The van der Waals surface area contributed by atoms with Gasteiger partial charge in [-0.2, -0.15) is 15.0 Å². The van der Waals surface area contributed by atoms with E-state index in [-0.39, 0.29) is 6.03 Å². The Bertz CT molecular complexity index is 1970. The van der Waals surface area contributed by atoms with Gasteiger partial charge in [0.05, 0.1) is 19.1 Å². The fourth-order valence-electron chi connectivity index (χ4n) is 7.61. The number of carbonyl (C=O) groups excluding carboxylic acids is 2. The molecular weight excluding hydrogens is 801 g/mol. The van der Waals surface area contributed by atoms with Gasteiger partial charge in [-0.1, -0.05) is 45.0 Å². The van der Waals surface area contributed by atoms with E-state index in [4.69, 9.17) is 34.2 Å². The number of urea groups is 2. The first-order valence-electron chi connectivity index (χ1n) is 22.6. The number of benzene rings is 2. The Kier molecular flexibility index (Phi) is 19.2. The van der Waals surface area contributed by atoms with Crippen LogP contribution in [0.3, 0.4) is 0 Å². The van der Waals surface area contributed by atoms with Gasteiger partial charge in [0, 0.05) is 69.8 Å². The third-order valence-corrected chi connectivity index (χ3v) is 10.7. The van der Waals surface area contributed by atoms with Crippen LogP contribution in [-0.4, -0.2) is 135 Å². The first kappa shape index (κ1) is 48.5. The number of rotatable bonds is 22. The van der Waals surface area contributed by atoms with Crippen LogP contribution < -0.4 is 36.2 Å². The van der Waals surface area contributed by atoms with Gasteiger partial charge < -0.3 is 45.3 Å². The van der Waals surface area contributed by atoms with E-state index in [0.29, 0.717) is 106 Å². The quantitative estimate of drug-likeness (QED) is 0.0676. The van der Waals surface area contributed by atoms with E-state index in [2.05, 4.69) is 62.1 Å². The molecule has 0 radical (unpaired) electrons. The molecule has 2 unspecified atom stereocenters. The molecule has 1 aromatic heterocycles. The van der Waals surface area contributed by atoms with E-state index >= 15 is 0 Å². The summed E-state index contributed by atoms with van der Waals surface area (Å²) in [7, 11) is 1.88. The largest absolute Gasteiger partial charge is 0.479 e. The molecule has 3 aromatic rings. The summed E-state index contributed by atoms with van der Waals surface area (Å²) in [5.74, 6) is 1.78. The zero-order valence-electron chi connectivity index (χ0n) is 38.5. The van der Waals surface area contributed by atoms with Crippen LogP contribution >= 0.6 is 0 Å². The Labute approximate surface area is 373 Å². The molecule has 17 heteroatoms. The van der Waals surface area contributed by atoms with E-state index in [0.717, 1.165) is 56.6 Å². The molecule has 4 amide bonds. The lowest BCUT2D eigenvalue weighted by atomic mass is 9.88. The molecule has 2 aliphatic rings. The monoisotopic (exact) mass is 871 g/mol. The van der Waals surface area contributed by atoms with Crippen molar-refractivity contribution < 1.29 is 23.8 Å². The SMILES string of the molecule is CCCN(CCC)C1=NC(C)(NC(=O)Nc2cccc(C)c2)C(CCCN(CCC)c2nc(NC(=O)Nc3cccc(C)c3)cc(OCCN3CCOCC3)n2)C(OCCNC)=N1. The standard InChI is InChI=1S/C46H70N12O5/c1-8-20-57(21-9-2)43-53-41(63-27-19-47-7)38(46(6,54-43)55-45(60)49-37-17-12-15-35(5)32-37)18-13-23-58(22-10-3)42-50-39(51-44(59)48-36-16-11-14-34(4)31-36)33-40(52-42)62-30-26-56-24-28-61-29-25-56/h11-12,14-17,31-33,38,47H,8-10,13,18-30H2,1-7H3,(H2,49,55,60)(H2,48,50,51,52,59). The van der Waals surface area contributed by atoms with Crippen molar-refractivity contribution in [2.45, 2.75) is 79.3 Å². The highest BCUT2D eigenvalue weighted by atomic mass is 16.5. The average Bonchev–Trinajstić information content (AvgIpc) is 3.24. The number of nitrogens with zero attached hydrogens (tertiary/aromatic N) is 7. The lowest BCUT2D eigenvalue weighted by Gasteiger charge is -2.40. The molecule has 344 valence electrons. The maximum atomic E-state index is 13.8. The van der Waals surface area contributed by atoms with Crippen molar-refractivity contribution in [3.05, 3.63) is 65.7 Å². The number of hydrogen-bond donors (Lipinski definition) is 5. The minimum absolute atomic E-state index is 0.314. The van der Waals surface area contributed by atoms with Crippen LogP contribution in [0.5, 0.6) is 5.88 Å².